The highest BCUT2D eigenvalue weighted by Crippen LogP contribution is 2.18. The Bertz CT molecular complexity index is 398. The van der Waals surface area contributed by atoms with Crippen molar-refractivity contribution in [3.8, 4) is 0 Å². The molecule has 0 aromatic heterocycles. The third kappa shape index (κ3) is 12.8. The van der Waals surface area contributed by atoms with Gasteiger partial charge in [0.15, 0.2) is 5.78 Å². The van der Waals surface area contributed by atoms with Gasteiger partial charge in [-0.1, -0.05) is 84.0 Å². The molecule has 0 saturated carbocycles. The molecule has 0 N–H and O–H groups in total. The van der Waals surface area contributed by atoms with Gasteiger partial charge in [-0.2, -0.15) is 0 Å². The first kappa shape index (κ1) is 21.9. The molecule has 0 aliphatic heterocycles. The Morgan fingerprint density at radius 1 is 0.840 bits per heavy atom. The first-order valence-electron chi connectivity index (χ1n) is 10.7. The molecule has 0 radical (unpaired) electrons. The molecular weight excluding hydrogens is 312 g/mol. The van der Waals surface area contributed by atoms with Gasteiger partial charge in [0.25, 0.3) is 0 Å². The highest BCUT2D eigenvalue weighted by molar-refractivity contribution is 5.91. The number of unbranched alkanes of at least 4 members (excludes halogenated alkanes) is 12. The lowest BCUT2D eigenvalue weighted by molar-refractivity contribution is -0.140. The monoisotopic (exact) mass is 350 g/mol. The van der Waals surface area contributed by atoms with Gasteiger partial charge in [0.05, 0.1) is 0 Å². The van der Waals surface area contributed by atoms with Crippen LogP contribution in [0.5, 0.6) is 0 Å². The van der Waals surface area contributed by atoms with Crippen molar-refractivity contribution in [1.29, 1.82) is 0 Å². The number of rotatable bonds is 15. The SMILES string of the molecule is CCCCCCCCCCCCCCCC(=O)OC1=CC(=O)CCC1. The molecule has 1 aliphatic rings. The van der Waals surface area contributed by atoms with Crippen molar-refractivity contribution < 1.29 is 14.3 Å². The molecule has 0 fully saturated rings. The summed E-state index contributed by atoms with van der Waals surface area (Å²) in [5, 5.41) is 0. The van der Waals surface area contributed by atoms with E-state index >= 15 is 0 Å². The zero-order chi connectivity index (χ0) is 18.2. The highest BCUT2D eigenvalue weighted by atomic mass is 16.5. The average Bonchev–Trinajstić information content (AvgIpc) is 2.59. The van der Waals surface area contributed by atoms with E-state index in [1.54, 1.807) is 0 Å². The Balaban J connectivity index is 1.84. The Kier molecular flexibility index (Phi) is 13.3. The molecule has 0 bridgehead atoms. The molecule has 25 heavy (non-hydrogen) atoms. The Hall–Kier alpha value is -1.12. The average molecular weight is 351 g/mol. The fourth-order valence-electron chi connectivity index (χ4n) is 3.33. The summed E-state index contributed by atoms with van der Waals surface area (Å²) in [4.78, 5) is 23.0. The van der Waals surface area contributed by atoms with Gasteiger partial charge in [-0.25, -0.2) is 0 Å². The number of carbonyl (C=O) groups is 2. The van der Waals surface area contributed by atoms with Crippen molar-refractivity contribution in [2.24, 2.45) is 0 Å². The summed E-state index contributed by atoms with van der Waals surface area (Å²) in [5.41, 5.74) is 0. The van der Waals surface area contributed by atoms with Gasteiger partial charge in [-0.3, -0.25) is 9.59 Å². The molecule has 0 atom stereocenters. The zero-order valence-corrected chi connectivity index (χ0v) is 16.3. The second-order valence-electron chi connectivity index (χ2n) is 7.40. The van der Waals surface area contributed by atoms with Gasteiger partial charge in [0.2, 0.25) is 0 Å². The largest absolute Gasteiger partial charge is 0.431 e. The van der Waals surface area contributed by atoms with E-state index in [2.05, 4.69) is 6.92 Å². The van der Waals surface area contributed by atoms with Crippen LogP contribution < -0.4 is 0 Å². The molecule has 0 aromatic carbocycles. The van der Waals surface area contributed by atoms with Gasteiger partial charge in [-0.15, -0.1) is 0 Å². The van der Waals surface area contributed by atoms with E-state index in [9.17, 15) is 9.59 Å². The summed E-state index contributed by atoms with van der Waals surface area (Å²) in [6.45, 7) is 2.26. The summed E-state index contributed by atoms with van der Waals surface area (Å²) >= 11 is 0. The van der Waals surface area contributed by atoms with Crippen LogP contribution in [0.4, 0.5) is 0 Å². The second kappa shape index (κ2) is 15.2. The topological polar surface area (TPSA) is 43.4 Å². The maximum Gasteiger partial charge on any atom is 0.310 e. The number of hydrogen-bond acceptors (Lipinski definition) is 3. The minimum Gasteiger partial charge on any atom is -0.431 e. The van der Waals surface area contributed by atoms with Crippen LogP contribution >= 0.6 is 0 Å². The van der Waals surface area contributed by atoms with E-state index in [0.717, 1.165) is 25.7 Å². The quantitative estimate of drug-likeness (QED) is 0.245. The highest BCUT2D eigenvalue weighted by Gasteiger charge is 2.13. The minimum absolute atomic E-state index is 0.0787. The first-order valence-corrected chi connectivity index (χ1v) is 10.7. The standard InChI is InChI=1S/C22H38O3/c1-2-3-4-5-6-7-8-9-10-11-12-13-14-18-22(24)25-21-17-15-16-20(23)19-21/h19H,2-18H2,1H3. The third-order valence-corrected chi connectivity index (χ3v) is 4.90. The Labute approximate surface area is 154 Å². The smallest absolute Gasteiger partial charge is 0.310 e. The predicted molar refractivity (Wildman–Crippen MR) is 103 cm³/mol. The summed E-state index contributed by atoms with van der Waals surface area (Å²) in [7, 11) is 0. The second-order valence-corrected chi connectivity index (χ2v) is 7.40. The molecule has 0 heterocycles. The summed E-state index contributed by atoms with van der Waals surface area (Å²) < 4.78 is 5.27. The first-order chi connectivity index (χ1) is 12.2. The van der Waals surface area contributed by atoms with E-state index in [-0.39, 0.29) is 11.8 Å². The van der Waals surface area contributed by atoms with Crippen molar-refractivity contribution in [3.05, 3.63) is 11.8 Å². The van der Waals surface area contributed by atoms with Crippen LogP contribution in [0, 0.1) is 0 Å². The molecular formula is C22H38O3. The van der Waals surface area contributed by atoms with E-state index in [0.29, 0.717) is 18.6 Å². The van der Waals surface area contributed by atoms with Gasteiger partial charge in [0.1, 0.15) is 5.76 Å². The Morgan fingerprint density at radius 2 is 1.36 bits per heavy atom. The maximum absolute atomic E-state index is 11.7. The lowest BCUT2D eigenvalue weighted by Crippen LogP contribution is -2.10. The van der Waals surface area contributed by atoms with Gasteiger partial charge < -0.3 is 4.74 Å². The van der Waals surface area contributed by atoms with Crippen LogP contribution in [-0.2, 0) is 14.3 Å². The molecule has 144 valence electrons. The number of carbonyl (C=O) groups excluding carboxylic acids is 2. The predicted octanol–water partition coefficient (Wildman–Crippen LogP) is 6.65. The molecule has 0 saturated heterocycles. The Morgan fingerprint density at radius 3 is 1.88 bits per heavy atom. The molecule has 3 heteroatoms. The van der Waals surface area contributed by atoms with Crippen molar-refractivity contribution in [2.45, 2.75) is 116 Å². The number of ketones is 1. The van der Waals surface area contributed by atoms with Gasteiger partial charge in [-0.05, 0) is 12.8 Å². The van der Waals surface area contributed by atoms with Crippen LogP contribution in [0.1, 0.15) is 116 Å². The van der Waals surface area contributed by atoms with Crippen molar-refractivity contribution in [1.82, 2.24) is 0 Å². The fraction of sp³-hybridized carbons (Fsp3) is 0.818. The molecule has 3 nitrogen and oxygen atoms in total. The number of allylic oxidation sites excluding steroid dienone is 2. The maximum atomic E-state index is 11.7. The molecule has 0 spiro atoms. The molecule has 0 amide bonds. The lowest BCUT2D eigenvalue weighted by Gasteiger charge is -2.12. The van der Waals surface area contributed by atoms with Gasteiger partial charge >= 0.3 is 5.97 Å². The molecule has 1 rings (SSSR count). The van der Waals surface area contributed by atoms with Crippen molar-refractivity contribution >= 4 is 11.8 Å². The van der Waals surface area contributed by atoms with E-state index < -0.39 is 0 Å². The summed E-state index contributed by atoms with van der Waals surface area (Å²) in [6.07, 6.45) is 21.0. The zero-order valence-electron chi connectivity index (χ0n) is 16.3. The van der Waals surface area contributed by atoms with Crippen molar-refractivity contribution in [3.63, 3.8) is 0 Å². The number of hydrogen-bond donors (Lipinski definition) is 0. The van der Waals surface area contributed by atoms with Crippen LogP contribution in [0.15, 0.2) is 11.8 Å². The normalized spacial score (nSPS) is 14.4. The van der Waals surface area contributed by atoms with Gasteiger partial charge in [0, 0.05) is 25.3 Å². The lowest BCUT2D eigenvalue weighted by atomic mass is 10.0. The molecule has 0 unspecified atom stereocenters. The third-order valence-electron chi connectivity index (χ3n) is 4.90. The minimum atomic E-state index is -0.177. The van der Waals surface area contributed by atoms with E-state index in [1.807, 2.05) is 0 Å². The molecule has 0 aromatic rings. The van der Waals surface area contributed by atoms with E-state index in [4.69, 9.17) is 4.74 Å². The molecule has 1 aliphatic carbocycles. The van der Waals surface area contributed by atoms with E-state index in [1.165, 1.54) is 76.7 Å². The number of ether oxygens (including phenoxy) is 1. The van der Waals surface area contributed by atoms with Crippen LogP contribution in [0.2, 0.25) is 0 Å². The van der Waals surface area contributed by atoms with Crippen LogP contribution in [0.3, 0.4) is 0 Å². The van der Waals surface area contributed by atoms with Crippen molar-refractivity contribution in [2.75, 3.05) is 0 Å². The van der Waals surface area contributed by atoms with Crippen LogP contribution in [0.25, 0.3) is 0 Å². The van der Waals surface area contributed by atoms with Crippen LogP contribution in [-0.4, -0.2) is 11.8 Å². The summed E-state index contributed by atoms with van der Waals surface area (Å²) in [5.74, 6) is 0.468. The summed E-state index contributed by atoms with van der Waals surface area (Å²) in [6, 6.07) is 0. The number of esters is 1. The fourth-order valence-corrected chi connectivity index (χ4v) is 3.33.